The van der Waals surface area contributed by atoms with Crippen LogP contribution in [0.4, 0.5) is 0 Å². The summed E-state index contributed by atoms with van der Waals surface area (Å²) in [5.74, 6) is 0.506. The molecule has 2 aromatic rings. The van der Waals surface area contributed by atoms with Gasteiger partial charge in [-0.1, -0.05) is 12.1 Å². The number of carbonyl (C=O) groups is 1. The lowest BCUT2D eigenvalue weighted by molar-refractivity contribution is -0.136. The van der Waals surface area contributed by atoms with Crippen molar-refractivity contribution in [2.75, 3.05) is 12.9 Å². The highest BCUT2D eigenvalue weighted by molar-refractivity contribution is 7.99. The zero-order valence-electron chi connectivity index (χ0n) is 10.8. The molecule has 1 heterocycles. The molecule has 100 valence electrons. The Kier molecular flexibility index (Phi) is 4.27. The Bertz CT molecular complexity index is 613. The van der Waals surface area contributed by atoms with Crippen LogP contribution in [0.1, 0.15) is 12.1 Å². The van der Waals surface area contributed by atoms with Crippen LogP contribution >= 0.6 is 11.8 Å². The van der Waals surface area contributed by atoms with Gasteiger partial charge in [0.15, 0.2) is 0 Å². The minimum absolute atomic E-state index is 0.150. The van der Waals surface area contributed by atoms with Crippen molar-refractivity contribution >= 4 is 28.6 Å². The first-order valence-electron chi connectivity index (χ1n) is 5.91. The van der Waals surface area contributed by atoms with E-state index in [2.05, 4.69) is 4.98 Å². The lowest BCUT2D eigenvalue weighted by Crippen LogP contribution is -1.96. The number of hydrogen-bond donors (Lipinski definition) is 1. The van der Waals surface area contributed by atoms with Gasteiger partial charge in [0.2, 0.25) is 0 Å². The molecule has 1 N–H and O–H groups in total. The molecule has 0 amide bonds. The molecule has 0 radical (unpaired) electrons. The van der Waals surface area contributed by atoms with Crippen LogP contribution in [-0.4, -0.2) is 28.9 Å². The van der Waals surface area contributed by atoms with Gasteiger partial charge in [-0.15, -0.1) is 11.8 Å². The van der Waals surface area contributed by atoms with E-state index in [0.717, 1.165) is 27.2 Å². The van der Waals surface area contributed by atoms with Gasteiger partial charge in [-0.25, -0.2) is 4.98 Å². The number of ether oxygens (including phenoxy) is 1. The van der Waals surface area contributed by atoms with Crippen molar-refractivity contribution in [1.29, 1.82) is 0 Å². The van der Waals surface area contributed by atoms with E-state index < -0.39 is 5.97 Å². The topological polar surface area (TPSA) is 59.4 Å². The lowest BCUT2D eigenvalue weighted by atomic mass is 10.2. The average molecular weight is 277 g/mol. The normalized spacial score (nSPS) is 10.6. The fraction of sp³-hybridized carbons (Fsp3) is 0.286. The fourth-order valence-electron chi connectivity index (χ4n) is 1.85. The van der Waals surface area contributed by atoms with Crippen molar-refractivity contribution in [3.63, 3.8) is 0 Å². The van der Waals surface area contributed by atoms with Crippen molar-refractivity contribution in [2.24, 2.45) is 0 Å². The van der Waals surface area contributed by atoms with Gasteiger partial charge in [0.1, 0.15) is 11.3 Å². The van der Waals surface area contributed by atoms with Crippen molar-refractivity contribution in [1.82, 2.24) is 4.98 Å². The Hall–Kier alpha value is -1.75. The van der Waals surface area contributed by atoms with Gasteiger partial charge in [-0.05, 0) is 19.1 Å². The monoisotopic (exact) mass is 277 g/mol. The molecule has 5 heteroatoms. The summed E-state index contributed by atoms with van der Waals surface area (Å²) in [6.07, 6.45) is 0.150. The third-order valence-electron chi connectivity index (χ3n) is 2.69. The molecule has 0 saturated carbocycles. The van der Waals surface area contributed by atoms with E-state index in [0.29, 0.717) is 5.75 Å². The molecular weight excluding hydrogens is 262 g/mol. The maximum absolute atomic E-state index is 10.6. The van der Waals surface area contributed by atoms with Crippen LogP contribution in [0, 0.1) is 6.92 Å². The zero-order valence-corrected chi connectivity index (χ0v) is 11.7. The number of thioether (sulfide) groups is 1. The van der Waals surface area contributed by atoms with Gasteiger partial charge in [0.05, 0.1) is 13.5 Å². The number of rotatable bonds is 5. The fourth-order valence-corrected chi connectivity index (χ4v) is 2.92. The summed E-state index contributed by atoms with van der Waals surface area (Å²) in [6, 6.07) is 7.75. The minimum atomic E-state index is -0.778. The summed E-state index contributed by atoms with van der Waals surface area (Å²) in [6.45, 7) is 1.92. The minimum Gasteiger partial charge on any atom is -0.494 e. The number of aliphatic carboxylic acids is 1. The SMILES string of the molecule is COc1cccc2c(SCCC(=O)O)cc(C)nc12. The van der Waals surface area contributed by atoms with E-state index in [9.17, 15) is 4.79 Å². The van der Waals surface area contributed by atoms with Crippen LogP contribution in [0.25, 0.3) is 10.9 Å². The van der Waals surface area contributed by atoms with Crippen LogP contribution < -0.4 is 4.74 Å². The molecule has 2 rings (SSSR count). The van der Waals surface area contributed by atoms with Gasteiger partial charge in [-0.3, -0.25) is 4.79 Å². The Morgan fingerprint density at radius 3 is 2.95 bits per heavy atom. The Morgan fingerprint density at radius 1 is 1.47 bits per heavy atom. The first kappa shape index (κ1) is 13.7. The van der Waals surface area contributed by atoms with Crippen molar-refractivity contribution in [3.8, 4) is 5.75 Å². The number of aromatic nitrogens is 1. The maximum Gasteiger partial charge on any atom is 0.304 e. The number of para-hydroxylation sites is 1. The molecule has 1 aromatic carbocycles. The molecule has 1 aromatic heterocycles. The van der Waals surface area contributed by atoms with Crippen LogP contribution in [0.2, 0.25) is 0 Å². The number of aryl methyl sites for hydroxylation is 1. The second-order valence-electron chi connectivity index (χ2n) is 4.11. The van der Waals surface area contributed by atoms with E-state index in [4.69, 9.17) is 9.84 Å². The highest BCUT2D eigenvalue weighted by Gasteiger charge is 2.09. The molecule has 0 aliphatic heterocycles. The Morgan fingerprint density at radius 2 is 2.26 bits per heavy atom. The van der Waals surface area contributed by atoms with E-state index in [-0.39, 0.29) is 6.42 Å². The third-order valence-corrected chi connectivity index (χ3v) is 3.74. The van der Waals surface area contributed by atoms with E-state index >= 15 is 0 Å². The molecule has 0 atom stereocenters. The second-order valence-corrected chi connectivity index (χ2v) is 5.25. The number of carboxylic acid groups (broad SMARTS) is 1. The van der Waals surface area contributed by atoms with Crippen molar-refractivity contribution < 1.29 is 14.6 Å². The first-order chi connectivity index (χ1) is 9.11. The van der Waals surface area contributed by atoms with Crippen LogP contribution in [0.3, 0.4) is 0 Å². The summed E-state index contributed by atoms with van der Waals surface area (Å²) in [5, 5.41) is 9.70. The Labute approximate surface area is 115 Å². The molecule has 0 aliphatic carbocycles. The molecule has 0 saturated heterocycles. The molecule has 19 heavy (non-hydrogen) atoms. The Balaban J connectivity index is 2.40. The summed E-state index contributed by atoms with van der Waals surface area (Å²) in [5.41, 5.74) is 1.72. The highest BCUT2D eigenvalue weighted by Crippen LogP contribution is 2.32. The molecule has 0 unspecified atom stereocenters. The molecule has 0 aliphatic rings. The molecule has 0 spiro atoms. The largest absolute Gasteiger partial charge is 0.494 e. The number of pyridine rings is 1. The van der Waals surface area contributed by atoms with Gasteiger partial charge in [0.25, 0.3) is 0 Å². The lowest BCUT2D eigenvalue weighted by Gasteiger charge is -2.09. The number of methoxy groups -OCH3 is 1. The van der Waals surface area contributed by atoms with E-state index in [1.165, 1.54) is 11.8 Å². The number of carboxylic acids is 1. The van der Waals surface area contributed by atoms with Gasteiger partial charge in [-0.2, -0.15) is 0 Å². The summed E-state index contributed by atoms with van der Waals surface area (Å²) in [4.78, 5) is 16.1. The maximum atomic E-state index is 10.6. The van der Waals surface area contributed by atoms with Crippen LogP contribution in [0.5, 0.6) is 5.75 Å². The number of nitrogens with zero attached hydrogens (tertiary/aromatic N) is 1. The molecule has 0 bridgehead atoms. The van der Waals surface area contributed by atoms with Gasteiger partial charge >= 0.3 is 5.97 Å². The van der Waals surface area contributed by atoms with E-state index in [1.54, 1.807) is 7.11 Å². The smallest absolute Gasteiger partial charge is 0.304 e. The van der Waals surface area contributed by atoms with Crippen LogP contribution in [-0.2, 0) is 4.79 Å². The predicted octanol–water partition coefficient (Wildman–Crippen LogP) is 3.12. The first-order valence-corrected chi connectivity index (χ1v) is 6.89. The number of hydrogen-bond acceptors (Lipinski definition) is 4. The highest BCUT2D eigenvalue weighted by atomic mass is 32.2. The summed E-state index contributed by atoms with van der Waals surface area (Å²) < 4.78 is 5.31. The molecular formula is C14H15NO3S. The van der Waals surface area contributed by atoms with E-state index in [1.807, 2.05) is 31.2 Å². The molecule has 4 nitrogen and oxygen atoms in total. The zero-order chi connectivity index (χ0) is 13.8. The van der Waals surface area contributed by atoms with Gasteiger partial charge < -0.3 is 9.84 Å². The second kappa shape index (κ2) is 5.93. The van der Waals surface area contributed by atoms with Crippen molar-refractivity contribution in [2.45, 2.75) is 18.2 Å². The quantitative estimate of drug-likeness (QED) is 0.851. The van der Waals surface area contributed by atoms with Gasteiger partial charge in [0, 0.05) is 21.7 Å². The predicted molar refractivity (Wildman–Crippen MR) is 76.0 cm³/mol. The van der Waals surface area contributed by atoms with Crippen LogP contribution in [0.15, 0.2) is 29.2 Å². The summed E-state index contributed by atoms with van der Waals surface area (Å²) >= 11 is 1.54. The number of benzene rings is 1. The standard InChI is InChI=1S/C14H15NO3S/c1-9-8-12(19-7-6-13(16)17)10-4-3-5-11(18-2)14(10)15-9/h3-5,8H,6-7H2,1-2H3,(H,16,17). The van der Waals surface area contributed by atoms with Crippen molar-refractivity contribution in [3.05, 3.63) is 30.0 Å². The third kappa shape index (κ3) is 3.17. The number of fused-ring (bicyclic) bond motifs is 1. The summed E-state index contributed by atoms with van der Waals surface area (Å²) in [7, 11) is 1.62. The molecule has 0 fully saturated rings. The average Bonchev–Trinajstić information content (AvgIpc) is 2.37.